The lowest BCUT2D eigenvalue weighted by atomic mass is 9.78. The molecule has 6 heteroatoms. The summed E-state index contributed by atoms with van der Waals surface area (Å²) in [5.74, 6) is 1.35. The van der Waals surface area contributed by atoms with E-state index < -0.39 is 6.18 Å². The number of fused-ring (bicyclic) bond motifs is 1. The molecule has 0 radical (unpaired) electrons. The Kier molecular flexibility index (Phi) is 7.29. The Morgan fingerprint density at radius 2 is 1.68 bits per heavy atom. The fraction of sp³-hybridized carbons (Fsp3) is 0.684. The topological polar surface area (TPSA) is 35.2 Å². The lowest BCUT2D eigenvalue weighted by Crippen LogP contribution is -2.21. The fourth-order valence-corrected chi connectivity index (χ4v) is 3.04. The van der Waals surface area contributed by atoms with Gasteiger partial charge >= 0.3 is 6.18 Å². The Morgan fingerprint density at radius 3 is 2.16 bits per heavy atom. The van der Waals surface area contributed by atoms with E-state index in [-0.39, 0.29) is 18.2 Å². The minimum absolute atomic E-state index is 0.0741. The number of hydrogen-bond donors (Lipinski definition) is 1. The first kappa shape index (κ1) is 21.7. The van der Waals surface area contributed by atoms with Crippen molar-refractivity contribution in [2.24, 2.45) is 11.7 Å². The van der Waals surface area contributed by atoms with Crippen LogP contribution < -0.4 is 10.5 Å². The molecular weight excluding hydrogens is 334 g/mol. The van der Waals surface area contributed by atoms with Gasteiger partial charge in [-0.3, -0.25) is 0 Å². The Labute approximate surface area is 147 Å². The van der Waals surface area contributed by atoms with Crippen molar-refractivity contribution in [1.29, 1.82) is 0 Å². The molecular formula is C19H29F4NO. The molecule has 2 aliphatic rings. The van der Waals surface area contributed by atoms with E-state index in [9.17, 15) is 17.6 Å². The summed E-state index contributed by atoms with van der Waals surface area (Å²) >= 11 is 0. The summed E-state index contributed by atoms with van der Waals surface area (Å²) in [5, 5.41) is 0. The van der Waals surface area contributed by atoms with Crippen LogP contribution in [0.2, 0.25) is 0 Å². The van der Waals surface area contributed by atoms with Gasteiger partial charge in [0.2, 0.25) is 0 Å². The van der Waals surface area contributed by atoms with Crippen LogP contribution in [0.25, 0.3) is 0 Å². The number of benzene rings is 1. The van der Waals surface area contributed by atoms with Gasteiger partial charge in [-0.25, -0.2) is 4.39 Å². The Morgan fingerprint density at radius 1 is 1.16 bits per heavy atom. The summed E-state index contributed by atoms with van der Waals surface area (Å²) < 4.78 is 50.5. The molecule has 1 aliphatic carbocycles. The summed E-state index contributed by atoms with van der Waals surface area (Å²) in [6, 6.07) is 3.58. The zero-order valence-corrected chi connectivity index (χ0v) is 15.6. The maximum atomic E-state index is 13.7. The van der Waals surface area contributed by atoms with E-state index >= 15 is 0 Å². The summed E-state index contributed by atoms with van der Waals surface area (Å²) in [6.07, 6.45) is -1.08. The average Bonchev–Trinajstić information content (AvgIpc) is 2.97. The maximum absolute atomic E-state index is 13.7. The van der Waals surface area contributed by atoms with Crippen molar-refractivity contribution < 1.29 is 22.3 Å². The molecule has 0 spiro atoms. The van der Waals surface area contributed by atoms with Crippen LogP contribution in [0.3, 0.4) is 0 Å². The SMILES string of the molecule is CC.CC(C)(CC1C[C@@H]1N)c1cc(F)cc2c1OCC2.CC(F)(F)F. The molecule has 2 N–H and O–H groups in total. The molecule has 0 bridgehead atoms. The second-order valence-corrected chi connectivity index (χ2v) is 7.07. The second-order valence-electron chi connectivity index (χ2n) is 7.07. The molecule has 2 nitrogen and oxygen atoms in total. The van der Waals surface area contributed by atoms with Crippen LogP contribution in [0.1, 0.15) is 58.6 Å². The van der Waals surface area contributed by atoms with Gasteiger partial charge in [-0.15, -0.1) is 0 Å². The summed E-state index contributed by atoms with van der Waals surface area (Å²) in [6.45, 7) is 9.18. The molecule has 1 aliphatic heterocycles. The van der Waals surface area contributed by atoms with Crippen LogP contribution in [0, 0.1) is 11.7 Å². The first-order valence-electron chi connectivity index (χ1n) is 8.75. The summed E-state index contributed by atoms with van der Waals surface area (Å²) in [4.78, 5) is 0. The quantitative estimate of drug-likeness (QED) is 0.733. The molecule has 1 heterocycles. The first-order valence-corrected chi connectivity index (χ1v) is 8.75. The van der Waals surface area contributed by atoms with Crippen molar-refractivity contribution in [1.82, 2.24) is 0 Å². The predicted molar refractivity (Wildman–Crippen MR) is 92.4 cm³/mol. The van der Waals surface area contributed by atoms with Crippen LogP contribution in [0.15, 0.2) is 12.1 Å². The average molecular weight is 363 g/mol. The molecule has 0 aromatic heterocycles. The lowest BCUT2D eigenvalue weighted by molar-refractivity contribution is -0.110. The van der Waals surface area contributed by atoms with Crippen LogP contribution in [0.5, 0.6) is 5.75 Å². The fourth-order valence-electron chi connectivity index (χ4n) is 3.04. The first-order chi connectivity index (χ1) is 11.5. The van der Waals surface area contributed by atoms with E-state index in [1.165, 1.54) is 0 Å². The van der Waals surface area contributed by atoms with Gasteiger partial charge in [0.1, 0.15) is 11.6 Å². The summed E-state index contributed by atoms with van der Waals surface area (Å²) in [5.41, 5.74) is 7.84. The number of hydrogen-bond acceptors (Lipinski definition) is 2. The molecule has 1 unspecified atom stereocenters. The highest BCUT2D eigenvalue weighted by atomic mass is 19.4. The molecule has 25 heavy (non-hydrogen) atoms. The van der Waals surface area contributed by atoms with E-state index in [1.54, 1.807) is 12.1 Å². The van der Waals surface area contributed by atoms with Crippen LogP contribution in [-0.2, 0) is 11.8 Å². The van der Waals surface area contributed by atoms with Crippen molar-refractivity contribution in [3.63, 3.8) is 0 Å². The molecule has 1 aromatic carbocycles. The van der Waals surface area contributed by atoms with Gasteiger partial charge in [0, 0.05) is 30.5 Å². The Hall–Kier alpha value is -1.30. The minimum Gasteiger partial charge on any atom is -0.493 e. The van der Waals surface area contributed by atoms with Gasteiger partial charge in [-0.05, 0) is 36.3 Å². The van der Waals surface area contributed by atoms with Crippen LogP contribution in [-0.4, -0.2) is 18.8 Å². The Balaban J connectivity index is 0.000000388. The van der Waals surface area contributed by atoms with Gasteiger partial charge in [0.25, 0.3) is 0 Å². The Bertz CT molecular complexity index is 563. The standard InChI is InChI=1S/C15H20FNO.C2H3F3.C2H6/c1-15(2,8-10-6-13(10)17)12-7-11(16)5-9-3-4-18-14(9)12;1-2(3,4)5;1-2/h5,7,10,13H,3-4,6,8,17H2,1-2H3;1H3;1-2H3/t10?,13-;;/m0../s1. The zero-order chi connectivity index (χ0) is 19.4. The largest absolute Gasteiger partial charge is 0.493 e. The van der Waals surface area contributed by atoms with Gasteiger partial charge in [0.15, 0.2) is 0 Å². The van der Waals surface area contributed by atoms with E-state index in [0.29, 0.717) is 18.6 Å². The van der Waals surface area contributed by atoms with E-state index in [4.69, 9.17) is 10.5 Å². The molecule has 1 aromatic rings. The predicted octanol–water partition coefficient (Wildman–Crippen LogP) is 5.37. The number of rotatable bonds is 3. The number of nitrogens with two attached hydrogens (primary N) is 1. The monoisotopic (exact) mass is 363 g/mol. The normalized spacial score (nSPS) is 21.2. The molecule has 0 amide bonds. The highest BCUT2D eigenvalue weighted by molar-refractivity contribution is 5.48. The third-order valence-corrected chi connectivity index (χ3v) is 4.23. The van der Waals surface area contributed by atoms with E-state index in [0.717, 1.165) is 36.1 Å². The summed E-state index contributed by atoms with van der Waals surface area (Å²) in [7, 11) is 0. The van der Waals surface area contributed by atoms with Crippen molar-refractivity contribution in [3.05, 3.63) is 29.1 Å². The van der Waals surface area contributed by atoms with Crippen LogP contribution >= 0.6 is 0 Å². The van der Waals surface area contributed by atoms with E-state index in [2.05, 4.69) is 13.8 Å². The van der Waals surface area contributed by atoms with E-state index in [1.807, 2.05) is 13.8 Å². The smallest absolute Gasteiger partial charge is 0.386 e. The number of alkyl halides is 3. The molecule has 2 atom stereocenters. The third-order valence-electron chi connectivity index (χ3n) is 4.23. The lowest BCUT2D eigenvalue weighted by Gasteiger charge is -2.27. The van der Waals surface area contributed by atoms with Crippen molar-refractivity contribution in [3.8, 4) is 5.75 Å². The third kappa shape index (κ3) is 6.84. The molecule has 0 saturated heterocycles. The van der Waals surface area contributed by atoms with Crippen molar-refractivity contribution in [2.75, 3.05) is 6.61 Å². The zero-order valence-electron chi connectivity index (χ0n) is 15.6. The maximum Gasteiger partial charge on any atom is 0.386 e. The minimum atomic E-state index is -4.00. The van der Waals surface area contributed by atoms with Gasteiger partial charge in [0.05, 0.1) is 6.61 Å². The number of ether oxygens (including phenoxy) is 1. The molecule has 1 fully saturated rings. The van der Waals surface area contributed by atoms with Gasteiger partial charge < -0.3 is 10.5 Å². The number of halogens is 4. The molecule has 144 valence electrons. The highest BCUT2D eigenvalue weighted by Gasteiger charge is 2.40. The molecule has 3 rings (SSSR count). The van der Waals surface area contributed by atoms with Gasteiger partial charge in [-0.1, -0.05) is 27.7 Å². The van der Waals surface area contributed by atoms with Crippen molar-refractivity contribution in [2.45, 2.75) is 71.5 Å². The van der Waals surface area contributed by atoms with Crippen LogP contribution in [0.4, 0.5) is 17.6 Å². The van der Waals surface area contributed by atoms with Gasteiger partial charge in [-0.2, -0.15) is 13.2 Å². The molecule has 1 saturated carbocycles. The highest BCUT2D eigenvalue weighted by Crippen LogP contribution is 2.45. The van der Waals surface area contributed by atoms with Crippen molar-refractivity contribution >= 4 is 0 Å². The second kappa shape index (κ2) is 8.39.